The number of hydrogen-bond donors (Lipinski definition) is 0. The van der Waals surface area contributed by atoms with Gasteiger partial charge in [-0.1, -0.05) is 142 Å². The van der Waals surface area contributed by atoms with Crippen molar-refractivity contribution in [2.24, 2.45) is 0 Å². The normalized spacial score (nSPS) is 10.7. The van der Waals surface area contributed by atoms with Gasteiger partial charge in [0.1, 0.15) is 5.15 Å². The third-order valence-electron chi connectivity index (χ3n) is 16.2. The first-order chi connectivity index (χ1) is 43.6. The number of Topliss-reactive ketones (excluding diaryl/α,β-unsaturated/α-hetero) is 3. The van der Waals surface area contributed by atoms with Crippen molar-refractivity contribution < 1.29 is 33.2 Å². The van der Waals surface area contributed by atoms with Crippen LogP contribution in [0.2, 0.25) is 5.15 Å². The Balaban J connectivity index is 0.000000194. The number of pyridine rings is 3. The fraction of sp³-hybridized carbons (Fsp3) is 0.260. The number of benzene rings is 6. The average Bonchev–Trinajstić information content (AvgIpc) is 1.31. The highest BCUT2D eigenvalue weighted by Gasteiger charge is 2.17. The van der Waals surface area contributed by atoms with Crippen molar-refractivity contribution in [3.63, 3.8) is 0 Å². The van der Waals surface area contributed by atoms with Crippen molar-refractivity contribution in [3.05, 3.63) is 249 Å². The Morgan fingerprint density at radius 1 is 0.407 bits per heavy atom. The van der Waals surface area contributed by atoms with Crippen LogP contribution in [0.1, 0.15) is 135 Å². The smallest absolute Gasteiger partial charge is 0.226 e. The van der Waals surface area contributed by atoms with Crippen molar-refractivity contribution >= 4 is 63.7 Å². The van der Waals surface area contributed by atoms with Gasteiger partial charge in [0, 0.05) is 117 Å². The van der Waals surface area contributed by atoms with Crippen molar-refractivity contribution in [3.8, 4) is 33.4 Å². The van der Waals surface area contributed by atoms with Crippen LogP contribution in [0, 0.1) is 40.6 Å². The van der Waals surface area contributed by atoms with Crippen molar-refractivity contribution in [2.45, 2.75) is 113 Å². The van der Waals surface area contributed by atoms with E-state index in [0.29, 0.717) is 68.5 Å². The molecule has 9 aromatic rings. The lowest BCUT2D eigenvalue weighted by Gasteiger charge is -2.17. The molecule has 12 nitrogen and oxygen atoms in total. The predicted octanol–water partition coefficient (Wildman–Crippen LogP) is 17.1. The van der Waals surface area contributed by atoms with Crippen LogP contribution >= 0.6 is 11.6 Å². The third kappa shape index (κ3) is 19.0. The monoisotopic (exact) mass is 1240 g/mol. The van der Waals surface area contributed by atoms with Crippen molar-refractivity contribution in [2.75, 3.05) is 35.8 Å². The first-order valence-electron chi connectivity index (χ1n) is 30.7. The Morgan fingerprint density at radius 3 is 1.05 bits per heavy atom. The molecule has 0 bridgehead atoms. The fourth-order valence-electron chi connectivity index (χ4n) is 10.5. The van der Waals surface area contributed by atoms with E-state index >= 15 is 0 Å². The maximum absolute atomic E-state index is 12.9. The van der Waals surface area contributed by atoms with Gasteiger partial charge < -0.3 is 14.7 Å². The van der Waals surface area contributed by atoms with E-state index in [4.69, 9.17) is 11.6 Å². The Labute approximate surface area is 540 Å². The second-order valence-electron chi connectivity index (χ2n) is 22.6. The lowest BCUT2D eigenvalue weighted by molar-refractivity contribution is -0.118. The molecule has 0 radical (unpaired) electrons. The third-order valence-corrected chi connectivity index (χ3v) is 16.4. The second kappa shape index (κ2) is 32.8. The number of rotatable bonds is 21. The standard InChI is InChI=1S/C27H30N2O2.C25H25ClN2O2.C25H25FN2O2/c1-6-27(31)29(5)24-13-9-22(10-14-24)23-11-15-25(18(2)17-23)26(30)16-12-21-8-7-19(3)28-20(21)4;2*1-4-25(30)28(3)21-10-7-19(8-11-21)20-9-12-22(17(2)15-20)23(29)13-5-18-6-14-24(26)27-16-18/h7-11,13-15,17H,6,12,16H2,1-5H3;2*6-12,14-16H,4-5,13H2,1-3H3. The number of aromatic nitrogens is 3. The molecule has 0 fully saturated rings. The van der Waals surface area contributed by atoms with Crippen LogP contribution in [0.4, 0.5) is 21.5 Å². The summed E-state index contributed by atoms with van der Waals surface area (Å²) in [6, 6.07) is 52.0. The van der Waals surface area contributed by atoms with Crippen LogP contribution in [0.15, 0.2) is 176 Å². The van der Waals surface area contributed by atoms with Crippen LogP contribution in [0.3, 0.4) is 0 Å². The number of ketones is 3. The molecule has 0 aliphatic rings. The SMILES string of the molecule is CCC(=O)N(C)c1ccc(-c2ccc(C(=O)CCc3ccc(C)nc3C)c(C)c2)cc1.CCC(=O)N(C)c1ccc(-c2ccc(C(=O)CCc3ccc(Cl)nc3)c(C)c2)cc1.CCC(=O)N(C)c1ccc(-c2ccc(C(=O)CCc3ccc(F)nc3)c(C)c2)cc1. The molecule has 6 aromatic carbocycles. The molecule has 0 aliphatic carbocycles. The minimum atomic E-state index is -0.520. The van der Waals surface area contributed by atoms with Gasteiger partial charge in [0.05, 0.1) is 0 Å². The summed E-state index contributed by atoms with van der Waals surface area (Å²) in [6.07, 6.45) is 7.70. The van der Waals surface area contributed by atoms with Crippen LogP contribution in [-0.4, -0.2) is 71.2 Å². The molecule has 0 spiro atoms. The van der Waals surface area contributed by atoms with E-state index in [1.54, 1.807) is 54.2 Å². The largest absolute Gasteiger partial charge is 0.316 e. The quantitative estimate of drug-likeness (QED) is 0.0506. The number of carbonyl (C=O) groups is 6. The van der Waals surface area contributed by atoms with Gasteiger partial charge in [-0.25, -0.2) is 9.97 Å². The summed E-state index contributed by atoms with van der Waals surface area (Å²) in [7, 11) is 5.35. The minimum Gasteiger partial charge on any atom is -0.316 e. The Hall–Kier alpha value is -9.59. The van der Waals surface area contributed by atoms with E-state index in [0.717, 1.165) is 106 Å². The Morgan fingerprint density at radius 2 is 0.747 bits per heavy atom. The first kappa shape index (κ1) is 68.9. The number of carbonyl (C=O) groups excluding carboxylic acids is 6. The van der Waals surface area contributed by atoms with Gasteiger partial charge in [0.25, 0.3) is 0 Å². The van der Waals surface area contributed by atoms with Gasteiger partial charge >= 0.3 is 0 Å². The summed E-state index contributed by atoms with van der Waals surface area (Å²) < 4.78 is 12.9. The summed E-state index contributed by atoms with van der Waals surface area (Å²) >= 11 is 5.81. The zero-order valence-electron chi connectivity index (χ0n) is 54.0. The average molecular weight is 1240 g/mol. The number of hydrogen-bond acceptors (Lipinski definition) is 9. The lowest BCUT2D eigenvalue weighted by Crippen LogP contribution is -2.24. The number of amides is 3. The van der Waals surface area contributed by atoms with Crippen LogP contribution < -0.4 is 14.7 Å². The molecule has 3 amide bonds. The van der Waals surface area contributed by atoms with Crippen LogP contribution in [0.25, 0.3) is 33.4 Å². The van der Waals surface area contributed by atoms with E-state index in [1.807, 2.05) is 189 Å². The summed E-state index contributed by atoms with van der Waals surface area (Å²) in [5, 5.41) is 0.452. The molecule has 0 aliphatic heterocycles. The van der Waals surface area contributed by atoms with Gasteiger partial charge in [-0.05, 0) is 175 Å². The predicted molar refractivity (Wildman–Crippen MR) is 366 cm³/mol. The Bertz CT molecular complexity index is 3850. The maximum atomic E-state index is 12.9. The molecule has 3 heterocycles. The van der Waals surface area contributed by atoms with E-state index in [-0.39, 0.29) is 35.1 Å². The van der Waals surface area contributed by atoms with Gasteiger partial charge in [-0.15, -0.1) is 0 Å². The van der Waals surface area contributed by atoms with Crippen molar-refractivity contribution in [1.29, 1.82) is 0 Å². The van der Waals surface area contributed by atoms with Crippen LogP contribution in [0.5, 0.6) is 0 Å². The van der Waals surface area contributed by atoms with E-state index < -0.39 is 5.95 Å². The molecule has 3 aromatic heterocycles. The highest BCUT2D eigenvalue weighted by molar-refractivity contribution is 6.29. The molecule has 0 atom stereocenters. The second-order valence-corrected chi connectivity index (χ2v) is 23.0. The number of nitrogens with zero attached hydrogens (tertiary/aromatic N) is 6. The summed E-state index contributed by atoms with van der Waals surface area (Å²) in [4.78, 5) is 90.9. The maximum Gasteiger partial charge on any atom is 0.226 e. The van der Waals surface area contributed by atoms with Gasteiger partial charge in [-0.2, -0.15) is 4.39 Å². The van der Waals surface area contributed by atoms with Gasteiger partial charge in [0.15, 0.2) is 17.3 Å². The highest BCUT2D eigenvalue weighted by Crippen LogP contribution is 2.30. The zero-order chi connectivity index (χ0) is 65.9. The van der Waals surface area contributed by atoms with E-state index in [9.17, 15) is 33.2 Å². The number of anilines is 3. The summed E-state index contributed by atoms with van der Waals surface area (Å²) in [6.45, 7) is 15.4. The molecular formula is C77H80ClFN6O6. The number of aryl methyl sites for hydroxylation is 8. The molecule has 468 valence electrons. The highest BCUT2D eigenvalue weighted by atomic mass is 35.5. The molecular weight excluding hydrogens is 1160 g/mol. The summed E-state index contributed by atoms with van der Waals surface area (Å²) in [5.74, 6) is 0.0338. The van der Waals surface area contributed by atoms with Gasteiger partial charge in [-0.3, -0.25) is 33.8 Å². The molecule has 9 rings (SSSR count). The van der Waals surface area contributed by atoms with E-state index in [1.165, 1.54) is 12.3 Å². The Kier molecular flexibility index (Phi) is 24.8. The first-order valence-corrected chi connectivity index (χ1v) is 31.1. The minimum absolute atomic E-state index is 0.0541. The number of halogens is 2. The molecule has 14 heteroatoms. The van der Waals surface area contributed by atoms with E-state index in [2.05, 4.69) is 27.1 Å². The molecule has 0 saturated carbocycles. The lowest BCUT2D eigenvalue weighted by atomic mass is 9.95. The molecule has 0 N–H and O–H groups in total. The van der Waals surface area contributed by atoms with Crippen LogP contribution in [-0.2, 0) is 33.6 Å². The summed E-state index contributed by atoms with van der Waals surface area (Å²) in [5.41, 5.74) is 18.8. The van der Waals surface area contributed by atoms with Crippen molar-refractivity contribution in [1.82, 2.24) is 15.0 Å². The topological polar surface area (TPSA) is 151 Å². The van der Waals surface area contributed by atoms with Gasteiger partial charge in [0.2, 0.25) is 23.7 Å². The molecule has 91 heavy (non-hydrogen) atoms. The zero-order valence-corrected chi connectivity index (χ0v) is 54.8. The molecule has 0 unspecified atom stereocenters. The molecule has 0 saturated heterocycles. The fourth-order valence-corrected chi connectivity index (χ4v) is 10.6.